The topological polar surface area (TPSA) is 67.9 Å². The Labute approximate surface area is 167 Å². The van der Waals surface area contributed by atoms with Crippen molar-refractivity contribution in [2.45, 2.75) is 12.8 Å². The molecule has 0 spiro atoms. The number of carbonyl (C=O) groups is 2. The lowest BCUT2D eigenvalue weighted by atomic mass is 9.96. The van der Waals surface area contributed by atoms with Crippen molar-refractivity contribution in [3.63, 3.8) is 0 Å². The fourth-order valence-electron chi connectivity index (χ4n) is 3.35. The smallest absolute Gasteiger partial charge is 0.253 e. The second kappa shape index (κ2) is 8.89. The number of piperidine rings is 1. The Balaban J connectivity index is 1.67. The summed E-state index contributed by atoms with van der Waals surface area (Å²) in [5.41, 5.74) is 0.613. The molecular formula is C21H22F2N2O4. The van der Waals surface area contributed by atoms with Gasteiger partial charge in [0.15, 0.2) is 23.1 Å². The van der Waals surface area contributed by atoms with Crippen molar-refractivity contribution in [3.8, 4) is 11.5 Å². The molecule has 0 aromatic heterocycles. The molecule has 1 atom stereocenters. The van der Waals surface area contributed by atoms with Gasteiger partial charge in [0.25, 0.3) is 5.91 Å². The Bertz CT molecular complexity index is 920. The highest BCUT2D eigenvalue weighted by Crippen LogP contribution is 2.30. The van der Waals surface area contributed by atoms with E-state index in [1.54, 1.807) is 18.2 Å². The molecule has 0 aliphatic carbocycles. The number of rotatable bonds is 5. The quantitative estimate of drug-likeness (QED) is 0.829. The number of halogens is 2. The highest BCUT2D eigenvalue weighted by molar-refractivity contribution is 5.96. The van der Waals surface area contributed by atoms with Crippen LogP contribution in [0.2, 0.25) is 0 Å². The fraction of sp³-hybridized carbons (Fsp3) is 0.333. The van der Waals surface area contributed by atoms with Crippen LogP contribution in [-0.2, 0) is 4.79 Å². The van der Waals surface area contributed by atoms with Gasteiger partial charge in [-0.3, -0.25) is 9.59 Å². The minimum atomic E-state index is -1.07. The molecule has 2 aromatic rings. The van der Waals surface area contributed by atoms with E-state index in [1.165, 1.54) is 25.2 Å². The summed E-state index contributed by atoms with van der Waals surface area (Å²) in [5.74, 6) is -2.10. The zero-order valence-corrected chi connectivity index (χ0v) is 16.2. The second-order valence-corrected chi connectivity index (χ2v) is 6.78. The van der Waals surface area contributed by atoms with Gasteiger partial charge < -0.3 is 19.7 Å². The third-order valence-corrected chi connectivity index (χ3v) is 4.90. The SMILES string of the molecule is COc1ccc(NC(=O)C2CCCN(C(=O)c3ccc(F)c(F)c3)C2)cc1OC. The van der Waals surface area contributed by atoms with Crippen LogP contribution in [0.15, 0.2) is 36.4 Å². The number of anilines is 1. The molecule has 1 unspecified atom stereocenters. The van der Waals surface area contributed by atoms with Crippen molar-refractivity contribution in [3.05, 3.63) is 53.6 Å². The largest absolute Gasteiger partial charge is 0.493 e. The lowest BCUT2D eigenvalue weighted by Gasteiger charge is -2.32. The Kier molecular flexibility index (Phi) is 6.31. The van der Waals surface area contributed by atoms with E-state index in [-0.39, 0.29) is 18.0 Å². The van der Waals surface area contributed by atoms with Gasteiger partial charge in [0.05, 0.1) is 20.1 Å². The van der Waals surface area contributed by atoms with Crippen molar-refractivity contribution in [2.75, 3.05) is 32.6 Å². The summed E-state index contributed by atoms with van der Waals surface area (Å²) in [5, 5.41) is 2.83. The maximum Gasteiger partial charge on any atom is 0.253 e. The fourth-order valence-corrected chi connectivity index (χ4v) is 3.35. The monoisotopic (exact) mass is 404 g/mol. The summed E-state index contributed by atoms with van der Waals surface area (Å²) in [7, 11) is 3.03. The average molecular weight is 404 g/mol. The van der Waals surface area contributed by atoms with Gasteiger partial charge in [0.1, 0.15) is 0 Å². The van der Waals surface area contributed by atoms with Gasteiger partial charge in [0, 0.05) is 30.4 Å². The predicted octanol–water partition coefficient (Wildman–Crippen LogP) is 3.47. The number of nitrogens with one attached hydrogen (secondary N) is 1. The molecule has 29 heavy (non-hydrogen) atoms. The van der Waals surface area contributed by atoms with Crippen LogP contribution in [-0.4, -0.2) is 44.0 Å². The van der Waals surface area contributed by atoms with Crippen LogP contribution in [0.1, 0.15) is 23.2 Å². The molecule has 0 saturated carbocycles. The van der Waals surface area contributed by atoms with Crippen LogP contribution < -0.4 is 14.8 Å². The number of hydrogen-bond acceptors (Lipinski definition) is 4. The van der Waals surface area contributed by atoms with Crippen LogP contribution in [0.5, 0.6) is 11.5 Å². The van der Waals surface area contributed by atoms with Crippen LogP contribution in [0.3, 0.4) is 0 Å². The van der Waals surface area contributed by atoms with Gasteiger partial charge >= 0.3 is 0 Å². The maximum atomic E-state index is 13.4. The molecular weight excluding hydrogens is 382 g/mol. The first kappa shape index (κ1) is 20.6. The van der Waals surface area contributed by atoms with E-state index in [1.807, 2.05) is 0 Å². The number of amides is 2. The zero-order chi connectivity index (χ0) is 21.0. The average Bonchev–Trinajstić information content (AvgIpc) is 2.75. The summed E-state index contributed by atoms with van der Waals surface area (Å²) in [6, 6.07) is 8.09. The van der Waals surface area contributed by atoms with Crippen molar-refractivity contribution in [1.82, 2.24) is 4.90 Å². The molecule has 1 fully saturated rings. The van der Waals surface area contributed by atoms with Crippen LogP contribution in [0, 0.1) is 17.6 Å². The van der Waals surface area contributed by atoms with Crippen LogP contribution in [0.4, 0.5) is 14.5 Å². The Morgan fingerprint density at radius 2 is 1.79 bits per heavy atom. The minimum Gasteiger partial charge on any atom is -0.493 e. The molecule has 1 aliphatic heterocycles. The standard InChI is InChI=1S/C21H22F2N2O4/c1-28-18-8-6-15(11-19(18)29-2)24-20(26)14-4-3-9-25(12-14)21(27)13-5-7-16(22)17(23)10-13/h5-8,10-11,14H,3-4,9,12H2,1-2H3,(H,24,26). The molecule has 8 heteroatoms. The Hall–Kier alpha value is -3.16. The number of carbonyl (C=O) groups excluding carboxylic acids is 2. The first-order valence-corrected chi connectivity index (χ1v) is 9.20. The molecule has 3 rings (SSSR count). The summed E-state index contributed by atoms with van der Waals surface area (Å²) >= 11 is 0. The van der Waals surface area contributed by atoms with E-state index in [2.05, 4.69) is 5.32 Å². The Morgan fingerprint density at radius 1 is 1.03 bits per heavy atom. The highest BCUT2D eigenvalue weighted by atomic mass is 19.2. The summed E-state index contributed by atoms with van der Waals surface area (Å²) < 4.78 is 37.0. The van der Waals surface area contributed by atoms with E-state index in [0.717, 1.165) is 12.1 Å². The van der Waals surface area contributed by atoms with Crippen LogP contribution >= 0.6 is 0 Å². The van der Waals surface area contributed by atoms with E-state index in [4.69, 9.17) is 9.47 Å². The highest BCUT2D eigenvalue weighted by Gasteiger charge is 2.29. The molecule has 0 radical (unpaired) electrons. The number of likely N-dealkylation sites (tertiary alicyclic amines) is 1. The Morgan fingerprint density at radius 3 is 2.48 bits per heavy atom. The zero-order valence-electron chi connectivity index (χ0n) is 16.2. The molecule has 154 valence electrons. The number of methoxy groups -OCH3 is 2. The first-order valence-electron chi connectivity index (χ1n) is 9.20. The van der Waals surface area contributed by atoms with Gasteiger partial charge in [-0.15, -0.1) is 0 Å². The molecule has 1 saturated heterocycles. The van der Waals surface area contributed by atoms with Gasteiger partial charge in [-0.05, 0) is 43.2 Å². The summed E-state index contributed by atoms with van der Waals surface area (Å²) in [6.07, 6.45) is 1.26. The molecule has 6 nitrogen and oxygen atoms in total. The predicted molar refractivity (Wildman–Crippen MR) is 103 cm³/mol. The third-order valence-electron chi connectivity index (χ3n) is 4.90. The number of hydrogen-bond donors (Lipinski definition) is 1. The lowest BCUT2D eigenvalue weighted by molar-refractivity contribution is -0.121. The number of benzene rings is 2. The first-order chi connectivity index (χ1) is 13.9. The molecule has 1 N–H and O–H groups in total. The van der Waals surface area contributed by atoms with Gasteiger partial charge in [-0.1, -0.05) is 0 Å². The van der Waals surface area contributed by atoms with E-state index < -0.39 is 23.5 Å². The minimum absolute atomic E-state index is 0.0600. The van der Waals surface area contributed by atoms with E-state index in [0.29, 0.717) is 36.6 Å². The lowest BCUT2D eigenvalue weighted by Crippen LogP contribution is -2.43. The molecule has 2 amide bonds. The summed E-state index contributed by atoms with van der Waals surface area (Å²) in [4.78, 5) is 26.8. The van der Waals surface area contributed by atoms with E-state index in [9.17, 15) is 18.4 Å². The normalized spacial score (nSPS) is 16.3. The number of ether oxygens (including phenoxy) is 2. The molecule has 2 aromatic carbocycles. The van der Waals surface area contributed by atoms with E-state index >= 15 is 0 Å². The van der Waals surface area contributed by atoms with Crippen LogP contribution in [0.25, 0.3) is 0 Å². The molecule has 0 bridgehead atoms. The molecule has 1 aliphatic rings. The van der Waals surface area contributed by atoms with Crippen molar-refractivity contribution in [2.24, 2.45) is 5.92 Å². The van der Waals surface area contributed by atoms with Gasteiger partial charge in [-0.2, -0.15) is 0 Å². The van der Waals surface area contributed by atoms with Gasteiger partial charge in [-0.25, -0.2) is 8.78 Å². The van der Waals surface area contributed by atoms with Crippen molar-refractivity contribution >= 4 is 17.5 Å². The maximum absolute atomic E-state index is 13.4. The number of nitrogens with zero attached hydrogens (tertiary/aromatic N) is 1. The second-order valence-electron chi connectivity index (χ2n) is 6.78. The van der Waals surface area contributed by atoms with Crippen molar-refractivity contribution < 1.29 is 27.8 Å². The molecule has 1 heterocycles. The summed E-state index contributed by atoms with van der Waals surface area (Å²) in [6.45, 7) is 0.662. The van der Waals surface area contributed by atoms with Gasteiger partial charge in [0.2, 0.25) is 5.91 Å². The van der Waals surface area contributed by atoms with Crippen molar-refractivity contribution in [1.29, 1.82) is 0 Å². The third kappa shape index (κ3) is 4.64.